The summed E-state index contributed by atoms with van der Waals surface area (Å²) < 4.78 is 0. The summed E-state index contributed by atoms with van der Waals surface area (Å²) in [6.45, 7) is 2.75. The Morgan fingerprint density at radius 3 is 2.83 bits per heavy atom. The van der Waals surface area contributed by atoms with Gasteiger partial charge in [0.05, 0.1) is 15.4 Å². The van der Waals surface area contributed by atoms with E-state index in [-0.39, 0.29) is 5.91 Å². The van der Waals surface area contributed by atoms with Gasteiger partial charge in [0.1, 0.15) is 0 Å². The van der Waals surface area contributed by atoms with E-state index in [9.17, 15) is 4.79 Å². The molecular formula is C23H21ClN4OS. The number of hydrogen-bond donors (Lipinski definition) is 2. The Morgan fingerprint density at radius 2 is 2.03 bits per heavy atom. The molecule has 0 bridgehead atoms. The van der Waals surface area contributed by atoms with Gasteiger partial charge in [-0.15, -0.1) is 11.3 Å². The minimum absolute atomic E-state index is 0.0667. The summed E-state index contributed by atoms with van der Waals surface area (Å²) in [7, 11) is 0. The average Bonchev–Trinajstić information content (AvgIpc) is 3.25. The second kappa shape index (κ2) is 9.24. The lowest BCUT2D eigenvalue weighted by Gasteiger charge is -2.14. The van der Waals surface area contributed by atoms with Crippen molar-refractivity contribution in [3.05, 3.63) is 82.4 Å². The Balaban J connectivity index is 1.42. The second-order valence-electron chi connectivity index (χ2n) is 7.14. The number of nitrogens with one attached hydrogen (secondary N) is 2. The van der Waals surface area contributed by atoms with Crippen LogP contribution < -0.4 is 10.6 Å². The smallest absolute Gasteiger partial charge is 0.261 e. The topological polar surface area (TPSA) is 66.9 Å². The lowest BCUT2D eigenvalue weighted by Crippen LogP contribution is -2.25. The van der Waals surface area contributed by atoms with Gasteiger partial charge in [0.2, 0.25) is 5.95 Å². The largest absolute Gasteiger partial charge is 0.348 e. The normalized spacial score (nSPS) is 15.5. The molecule has 4 rings (SSSR count). The molecular weight excluding hydrogens is 416 g/mol. The number of halogens is 1. The van der Waals surface area contributed by atoms with Crippen molar-refractivity contribution in [1.29, 1.82) is 0 Å². The first-order valence-corrected chi connectivity index (χ1v) is 10.9. The number of benzene rings is 1. The molecule has 3 aromatic rings. The summed E-state index contributed by atoms with van der Waals surface area (Å²) >= 11 is 7.34. The van der Waals surface area contributed by atoms with Crippen LogP contribution in [0.1, 0.15) is 23.0 Å². The monoisotopic (exact) mass is 436 g/mol. The minimum atomic E-state index is -0.0667. The van der Waals surface area contributed by atoms with E-state index in [2.05, 4.69) is 45.8 Å². The molecule has 152 valence electrons. The number of anilines is 2. The van der Waals surface area contributed by atoms with Crippen molar-refractivity contribution in [1.82, 2.24) is 15.3 Å². The molecule has 0 saturated carbocycles. The molecule has 30 heavy (non-hydrogen) atoms. The van der Waals surface area contributed by atoms with Crippen LogP contribution in [0, 0.1) is 5.92 Å². The molecule has 1 aliphatic rings. The van der Waals surface area contributed by atoms with Crippen molar-refractivity contribution in [2.75, 3.05) is 11.9 Å². The first-order chi connectivity index (χ1) is 14.6. The predicted octanol–water partition coefficient (Wildman–Crippen LogP) is 5.85. The van der Waals surface area contributed by atoms with Crippen molar-refractivity contribution in [2.45, 2.75) is 13.3 Å². The van der Waals surface area contributed by atoms with Gasteiger partial charge in [-0.05, 0) is 54.8 Å². The maximum absolute atomic E-state index is 12.5. The Labute approximate surface area is 184 Å². The SMILES string of the molecule is CC1C=CC=C(CNC(=O)c2ccc(-c3ccnc(Nc4ccc(Cl)cc4)n3)s2)C1. The van der Waals surface area contributed by atoms with Crippen LogP contribution in [0.5, 0.6) is 0 Å². The minimum Gasteiger partial charge on any atom is -0.348 e. The van der Waals surface area contributed by atoms with Crippen molar-refractivity contribution in [2.24, 2.45) is 5.92 Å². The molecule has 2 heterocycles. The van der Waals surface area contributed by atoms with E-state index in [0.717, 1.165) is 22.7 Å². The maximum Gasteiger partial charge on any atom is 0.261 e. The lowest BCUT2D eigenvalue weighted by molar-refractivity contribution is 0.0960. The standard InChI is InChI=1S/C23H21ClN4OS/c1-15-3-2-4-16(13-15)14-26-22(29)21-10-9-20(30-21)19-11-12-25-23(28-19)27-18-7-5-17(24)6-8-18/h2-12,15H,13-14H2,1H3,(H,26,29)(H,25,27,28). The number of amides is 1. The van der Waals surface area contributed by atoms with Gasteiger partial charge in [0.25, 0.3) is 5.91 Å². The van der Waals surface area contributed by atoms with Crippen LogP contribution in [-0.2, 0) is 0 Å². The highest BCUT2D eigenvalue weighted by molar-refractivity contribution is 7.17. The number of carbonyl (C=O) groups excluding carboxylic acids is 1. The van der Waals surface area contributed by atoms with Gasteiger partial charge < -0.3 is 10.6 Å². The third kappa shape index (κ3) is 5.14. The van der Waals surface area contributed by atoms with Crippen molar-refractivity contribution in [3.63, 3.8) is 0 Å². The number of nitrogens with zero attached hydrogens (tertiary/aromatic N) is 2. The van der Waals surface area contributed by atoms with Crippen LogP contribution in [0.4, 0.5) is 11.6 Å². The highest BCUT2D eigenvalue weighted by Crippen LogP contribution is 2.28. The van der Waals surface area contributed by atoms with E-state index < -0.39 is 0 Å². The first-order valence-electron chi connectivity index (χ1n) is 9.67. The molecule has 1 unspecified atom stereocenters. The molecule has 5 nitrogen and oxygen atoms in total. The van der Waals surface area contributed by atoms with Crippen molar-refractivity contribution >= 4 is 40.5 Å². The molecule has 1 atom stereocenters. The van der Waals surface area contributed by atoms with Crippen LogP contribution in [0.15, 0.2) is 72.5 Å². The van der Waals surface area contributed by atoms with Crippen LogP contribution >= 0.6 is 22.9 Å². The molecule has 0 radical (unpaired) electrons. The van der Waals surface area contributed by atoms with Crippen molar-refractivity contribution in [3.8, 4) is 10.6 Å². The summed E-state index contributed by atoms with van der Waals surface area (Å²) in [5, 5.41) is 6.85. The van der Waals surface area contributed by atoms with E-state index in [1.807, 2.05) is 30.3 Å². The lowest BCUT2D eigenvalue weighted by atomic mass is 9.96. The molecule has 1 aromatic carbocycles. The third-order valence-electron chi connectivity index (χ3n) is 4.67. The maximum atomic E-state index is 12.5. The first kappa shape index (κ1) is 20.3. The highest BCUT2D eigenvalue weighted by Gasteiger charge is 2.13. The molecule has 7 heteroatoms. The Hall–Kier alpha value is -2.96. The fourth-order valence-electron chi connectivity index (χ4n) is 3.16. The van der Waals surface area contributed by atoms with Crippen LogP contribution in [-0.4, -0.2) is 22.4 Å². The molecule has 2 N–H and O–H groups in total. The van der Waals surface area contributed by atoms with E-state index >= 15 is 0 Å². The zero-order valence-corrected chi connectivity index (χ0v) is 18.0. The van der Waals surface area contributed by atoms with Crippen LogP contribution in [0.3, 0.4) is 0 Å². The zero-order chi connectivity index (χ0) is 20.9. The fourth-order valence-corrected chi connectivity index (χ4v) is 4.18. The summed E-state index contributed by atoms with van der Waals surface area (Å²) in [5.41, 5.74) is 2.85. The van der Waals surface area contributed by atoms with Gasteiger partial charge in [-0.2, -0.15) is 0 Å². The van der Waals surface area contributed by atoms with Gasteiger partial charge in [-0.25, -0.2) is 9.97 Å². The Kier molecular flexibility index (Phi) is 6.26. The molecule has 1 amide bonds. The van der Waals surface area contributed by atoms with Crippen LogP contribution in [0.2, 0.25) is 5.02 Å². The van der Waals surface area contributed by atoms with E-state index in [1.165, 1.54) is 16.9 Å². The summed E-state index contributed by atoms with van der Waals surface area (Å²) in [6, 6.07) is 12.9. The summed E-state index contributed by atoms with van der Waals surface area (Å²) in [5.74, 6) is 0.937. The molecule has 2 aromatic heterocycles. The van der Waals surface area contributed by atoms with Gasteiger partial charge in [-0.3, -0.25) is 4.79 Å². The van der Waals surface area contributed by atoms with E-state index in [4.69, 9.17) is 11.6 Å². The van der Waals surface area contributed by atoms with Gasteiger partial charge in [-0.1, -0.05) is 42.3 Å². The number of aromatic nitrogens is 2. The van der Waals surface area contributed by atoms with Crippen molar-refractivity contribution < 1.29 is 4.79 Å². The summed E-state index contributed by atoms with van der Waals surface area (Å²) in [6.07, 6.45) is 9.00. The Morgan fingerprint density at radius 1 is 1.20 bits per heavy atom. The van der Waals surface area contributed by atoms with Gasteiger partial charge >= 0.3 is 0 Å². The van der Waals surface area contributed by atoms with E-state index in [1.54, 1.807) is 18.3 Å². The number of rotatable bonds is 6. The highest BCUT2D eigenvalue weighted by atomic mass is 35.5. The van der Waals surface area contributed by atoms with Gasteiger partial charge in [0.15, 0.2) is 0 Å². The zero-order valence-electron chi connectivity index (χ0n) is 16.4. The number of carbonyl (C=O) groups is 1. The Bertz CT molecular complexity index is 1100. The van der Waals surface area contributed by atoms with E-state index in [0.29, 0.717) is 28.3 Å². The molecule has 1 aliphatic carbocycles. The van der Waals surface area contributed by atoms with Crippen LogP contribution in [0.25, 0.3) is 10.6 Å². The van der Waals surface area contributed by atoms with Gasteiger partial charge in [0, 0.05) is 23.5 Å². The molecule has 0 saturated heterocycles. The molecule has 0 spiro atoms. The fraction of sp³-hybridized carbons (Fsp3) is 0.174. The second-order valence-corrected chi connectivity index (χ2v) is 8.66. The third-order valence-corrected chi connectivity index (χ3v) is 6.03. The predicted molar refractivity (Wildman–Crippen MR) is 123 cm³/mol. The average molecular weight is 437 g/mol. The number of thiophene rings is 1. The molecule has 0 fully saturated rings. The molecule has 0 aliphatic heterocycles. The number of allylic oxidation sites excluding steroid dienone is 3. The quantitative estimate of drug-likeness (QED) is 0.508. The summed E-state index contributed by atoms with van der Waals surface area (Å²) in [4.78, 5) is 23.0. The number of hydrogen-bond acceptors (Lipinski definition) is 5.